The Bertz CT molecular complexity index is 381. The molecule has 0 saturated carbocycles. The summed E-state index contributed by atoms with van der Waals surface area (Å²) in [5.41, 5.74) is 2.08. The second-order valence-electron chi connectivity index (χ2n) is 3.53. The van der Waals surface area contributed by atoms with Crippen LogP contribution in [0, 0.1) is 0 Å². The van der Waals surface area contributed by atoms with Crippen LogP contribution in [-0.4, -0.2) is 5.91 Å². The molecule has 2 nitrogen and oxygen atoms in total. The molecule has 0 saturated heterocycles. The Hall–Kier alpha value is -1.09. The van der Waals surface area contributed by atoms with E-state index in [4.69, 9.17) is 0 Å². The van der Waals surface area contributed by atoms with Crippen molar-refractivity contribution in [2.75, 3.05) is 0 Å². The molecule has 0 radical (unpaired) electrons. The SMILES string of the molecule is CC(C)=CC(=O)NCc1ccccc1Br. The molecule has 15 heavy (non-hydrogen) atoms. The smallest absolute Gasteiger partial charge is 0.244 e. The molecule has 0 aliphatic carbocycles. The van der Waals surface area contributed by atoms with E-state index >= 15 is 0 Å². The van der Waals surface area contributed by atoms with E-state index in [0.717, 1.165) is 15.6 Å². The number of carbonyl (C=O) groups excluding carboxylic acids is 1. The van der Waals surface area contributed by atoms with E-state index in [2.05, 4.69) is 21.2 Å². The first-order valence-electron chi connectivity index (χ1n) is 4.75. The second-order valence-corrected chi connectivity index (χ2v) is 4.39. The lowest BCUT2D eigenvalue weighted by molar-refractivity contribution is -0.116. The predicted molar refractivity (Wildman–Crippen MR) is 65.4 cm³/mol. The summed E-state index contributed by atoms with van der Waals surface area (Å²) in [7, 11) is 0. The molecule has 0 aliphatic rings. The van der Waals surface area contributed by atoms with E-state index in [1.54, 1.807) is 6.08 Å². The van der Waals surface area contributed by atoms with Crippen LogP contribution in [0.4, 0.5) is 0 Å². The van der Waals surface area contributed by atoms with E-state index in [9.17, 15) is 4.79 Å². The van der Waals surface area contributed by atoms with Gasteiger partial charge in [0, 0.05) is 17.1 Å². The highest BCUT2D eigenvalue weighted by atomic mass is 79.9. The maximum atomic E-state index is 11.3. The van der Waals surface area contributed by atoms with E-state index in [1.165, 1.54) is 0 Å². The van der Waals surface area contributed by atoms with Crippen LogP contribution < -0.4 is 5.32 Å². The number of halogens is 1. The average Bonchev–Trinajstić information content (AvgIpc) is 2.15. The molecule has 0 bridgehead atoms. The van der Waals surface area contributed by atoms with Gasteiger partial charge >= 0.3 is 0 Å². The van der Waals surface area contributed by atoms with Crippen LogP contribution in [0.2, 0.25) is 0 Å². The first-order chi connectivity index (χ1) is 7.09. The summed E-state index contributed by atoms with van der Waals surface area (Å²) in [5, 5.41) is 2.83. The van der Waals surface area contributed by atoms with Crippen molar-refractivity contribution < 1.29 is 4.79 Å². The number of allylic oxidation sites excluding steroid dienone is 1. The molecule has 0 aromatic heterocycles. The van der Waals surface area contributed by atoms with Crippen molar-refractivity contribution in [2.24, 2.45) is 0 Å². The minimum absolute atomic E-state index is 0.0502. The predicted octanol–water partition coefficient (Wildman–Crippen LogP) is 3.03. The maximum absolute atomic E-state index is 11.3. The third-order valence-corrected chi connectivity index (χ3v) is 2.60. The quantitative estimate of drug-likeness (QED) is 0.839. The van der Waals surface area contributed by atoms with Gasteiger partial charge in [0.1, 0.15) is 0 Å². The van der Waals surface area contributed by atoms with Gasteiger partial charge in [-0.15, -0.1) is 0 Å². The van der Waals surface area contributed by atoms with Crippen LogP contribution in [-0.2, 0) is 11.3 Å². The van der Waals surface area contributed by atoms with Gasteiger partial charge in [0.2, 0.25) is 5.91 Å². The van der Waals surface area contributed by atoms with Crippen molar-refractivity contribution in [3.8, 4) is 0 Å². The van der Waals surface area contributed by atoms with E-state index < -0.39 is 0 Å². The number of benzene rings is 1. The van der Waals surface area contributed by atoms with Crippen molar-refractivity contribution in [3.63, 3.8) is 0 Å². The molecule has 3 heteroatoms. The van der Waals surface area contributed by atoms with Crippen LogP contribution in [0.25, 0.3) is 0 Å². The molecular weight excluding hydrogens is 254 g/mol. The average molecular weight is 268 g/mol. The molecule has 1 aromatic carbocycles. The molecule has 0 atom stereocenters. The molecule has 0 spiro atoms. The lowest BCUT2D eigenvalue weighted by atomic mass is 10.2. The molecule has 0 aliphatic heterocycles. The highest BCUT2D eigenvalue weighted by Gasteiger charge is 2.00. The van der Waals surface area contributed by atoms with Gasteiger partial charge in [0.05, 0.1) is 0 Å². The van der Waals surface area contributed by atoms with Gasteiger partial charge in [0.15, 0.2) is 0 Å². The summed E-state index contributed by atoms with van der Waals surface area (Å²) < 4.78 is 1.02. The first kappa shape index (κ1) is 12.0. The standard InChI is InChI=1S/C12H14BrNO/c1-9(2)7-12(15)14-8-10-5-3-4-6-11(10)13/h3-7H,8H2,1-2H3,(H,14,15). The fourth-order valence-corrected chi connectivity index (χ4v) is 1.56. The Labute approximate surface area is 98.5 Å². The summed E-state index contributed by atoms with van der Waals surface area (Å²) in [6, 6.07) is 7.84. The minimum atomic E-state index is -0.0502. The number of rotatable bonds is 3. The van der Waals surface area contributed by atoms with Crippen molar-refractivity contribution in [2.45, 2.75) is 20.4 Å². The van der Waals surface area contributed by atoms with Crippen LogP contribution in [0.15, 0.2) is 40.4 Å². The largest absolute Gasteiger partial charge is 0.348 e. The lowest BCUT2D eigenvalue weighted by Gasteiger charge is -2.04. The van der Waals surface area contributed by atoms with Crippen molar-refractivity contribution in [1.29, 1.82) is 0 Å². The summed E-state index contributed by atoms with van der Waals surface area (Å²) >= 11 is 3.43. The highest BCUT2D eigenvalue weighted by Crippen LogP contribution is 2.15. The number of hydrogen-bond donors (Lipinski definition) is 1. The number of hydrogen-bond acceptors (Lipinski definition) is 1. The van der Waals surface area contributed by atoms with Crippen LogP contribution in [0.3, 0.4) is 0 Å². The zero-order chi connectivity index (χ0) is 11.3. The summed E-state index contributed by atoms with van der Waals surface area (Å²) in [5.74, 6) is -0.0502. The van der Waals surface area contributed by atoms with E-state index in [-0.39, 0.29) is 5.91 Å². The number of carbonyl (C=O) groups is 1. The van der Waals surface area contributed by atoms with Crippen molar-refractivity contribution >= 4 is 21.8 Å². The zero-order valence-electron chi connectivity index (χ0n) is 8.88. The Morgan fingerprint density at radius 3 is 2.67 bits per heavy atom. The number of amides is 1. The molecular formula is C12H14BrNO. The third kappa shape index (κ3) is 4.30. The Balaban J connectivity index is 2.55. The van der Waals surface area contributed by atoms with Crippen LogP contribution >= 0.6 is 15.9 Å². The fourth-order valence-electron chi connectivity index (χ4n) is 1.14. The Morgan fingerprint density at radius 2 is 2.07 bits per heavy atom. The molecule has 1 aromatic rings. The fraction of sp³-hybridized carbons (Fsp3) is 0.250. The third-order valence-electron chi connectivity index (χ3n) is 1.83. The van der Waals surface area contributed by atoms with Gasteiger partial charge in [-0.25, -0.2) is 0 Å². The normalized spacial score (nSPS) is 9.53. The maximum Gasteiger partial charge on any atom is 0.244 e. The topological polar surface area (TPSA) is 29.1 Å². The molecule has 1 amide bonds. The lowest BCUT2D eigenvalue weighted by Crippen LogP contribution is -2.20. The van der Waals surface area contributed by atoms with E-state index in [0.29, 0.717) is 6.54 Å². The second kappa shape index (κ2) is 5.71. The van der Waals surface area contributed by atoms with Gasteiger partial charge in [-0.3, -0.25) is 4.79 Å². The van der Waals surface area contributed by atoms with Gasteiger partial charge in [-0.2, -0.15) is 0 Å². The van der Waals surface area contributed by atoms with Crippen LogP contribution in [0.5, 0.6) is 0 Å². The van der Waals surface area contributed by atoms with E-state index in [1.807, 2.05) is 38.1 Å². The molecule has 1 rings (SSSR count). The van der Waals surface area contributed by atoms with Gasteiger partial charge in [0.25, 0.3) is 0 Å². The molecule has 80 valence electrons. The summed E-state index contributed by atoms with van der Waals surface area (Å²) in [6.45, 7) is 4.35. The minimum Gasteiger partial charge on any atom is -0.348 e. The Kier molecular flexibility index (Phi) is 4.56. The van der Waals surface area contributed by atoms with Gasteiger partial charge in [-0.05, 0) is 25.5 Å². The van der Waals surface area contributed by atoms with Crippen molar-refractivity contribution in [1.82, 2.24) is 5.32 Å². The first-order valence-corrected chi connectivity index (χ1v) is 5.55. The summed E-state index contributed by atoms with van der Waals surface area (Å²) in [4.78, 5) is 11.3. The molecule has 0 heterocycles. The van der Waals surface area contributed by atoms with Crippen molar-refractivity contribution in [3.05, 3.63) is 46.0 Å². The van der Waals surface area contributed by atoms with Crippen LogP contribution in [0.1, 0.15) is 19.4 Å². The molecule has 1 N–H and O–H groups in total. The monoisotopic (exact) mass is 267 g/mol. The van der Waals surface area contributed by atoms with Gasteiger partial charge < -0.3 is 5.32 Å². The molecule has 0 unspecified atom stereocenters. The summed E-state index contributed by atoms with van der Waals surface area (Å²) in [6.07, 6.45) is 1.59. The highest BCUT2D eigenvalue weighted by molar-refractivity contribution is 9.10. The zero-order valence-corrected chi connectivity index (χ0v) is 10.5. The molecule has 0 fully saturated rings. The van der Waals surface area contributed by atoms with Gasteiger partial charge in [-0.1, -0.05) is 39.7 Å². The number of nitrogens with one attached hydrogen (secondary N) is 1. The Morgan fingerprint density at radius 1 is 1.40 bits per heavy atom.